The minimum Gasteiger partial charge on any atom is -0.497 e. The Kier molecular flexibility index (Phi) is 7.75. The average Bonchev–Trinajstić information content (AvgIpc) is 3.27. The molecule has 1 aliphatic heterocycles. The summed E-state index contributed by atoms with van der Waals surface area (Å²) in [7, 11) is 1.55. The van der Waals surface area contributed by atoms with E-state index < -0.39 is 0 Å². The fourth-order valence-electron chi connectivity index (χ4n) is 5.68. The van der Waals surface area contributed by atoms with Crippen molar-refractivity contribution in [1.82, 2.24) is 4.90 Å². The molecule has 0 saturated carbocycles. The van der Waals surface area contributed by atoms with Gasteiger partial charge in [-0.3, -0.25) is 4.39 Å². The zero-order valence-corrected chi connectivity index (χ0v) is 21.4. The first-order valence-corrected chi connectivity index (χ1v) is 13.2. The maximum absolute atomic E-state index is 15.3. The van der Waals surface area contributed by atoms with Gasteiger partial charge < -0.3 is 20.7 Å². The molecule has 1 heterocycles. The van der Waals surface area contributed by atoms with E-state index in [1.807, 2.05) is 24.3 Å². The van der Waals surface area contributed by atoms with Crippen LogP contribution in [0.1, 0.15) is 47.9 Å². The second kappa shape index (κ2) is 11.3. The minimum atomic E-state index is -0.275. The molecule has 37 heavy (non-hydrogen) atoms. The molecule has 0 bridgehead atoms. The molecule has 3 N–H and O–H groups in total. The van der Waals surface area contributed by atoms with Gasteiger partial charge in [-0.05, 0) is 96.3 Å². The van der Waals surface area contributed by atoms with Crippen molar-refractivity contribution < 1.29 is 13.5 Å². The van der Waals surface area contributed by atoms with Crippen LogP contribution in [0.4, 0.5) is 20.2 Å². The zero-order valence-electron chi connectivity index (χ0n) is 21.4. The number of ether oxygens (including phenoxy) is 1. The highest BCUT2D eigenvalue weighted by Crippen LogP contribution is 2.41. The molecule has 0 aromatic heterocycles. The van der Waals surface area contributed by atoms with E-state index in [0.29, 0.717) is 23.8 Å². The van der Waals surface area contributed by atoms with Gasteiger partial charge in [-0.1, -0.05) is 18.2 Å². The van der Waals surface area contributed by atoms with Crippen LogP contribution in [-0.2, 0) is 6.42 Å². The van der Waals surface area contributed by atoms with E-state index >= 15 is 4.39 Å². The Morgan fingerprint density at radius 3 is 2.59 bits per heavy atom. The third-order valence-electron chi connectivity index (χ3n) is 7.50. The van der Waals surface area contributed by atoms with Crippen molar-refractivity contribution in [2.75, 3.05) is 44.5 Å². The number of anilines is 2. The fourth-order valence-corrected chi connectivity index (χ4v) is 5.68. The highest BCUT2D eigenvalue weighted by molar-refractivity contribution is 6.00. The Labute approximate surface area is 218 Å². The summed E-state index contributed by atoms with van der Waals surface area (Å²) in [6, 6.07) is 20.0. The van der Waals surface area contributed by atoms with Crippen LogP contribution in [0.15, 0.2) is 60.7 Å². The van der Waals surface area contributed by atoms with Crippen molar-refractivity contribution in [3.63, 3.8) is 0 Å². The molecule has 1 fully saturated rings. The molecular formula is C31H35F2N3O. The largest absolute Gasteiger partial charge is 0.497 e. The van der Waals surface area contributed by atoms with Gasteiger partial charge in [-0.2, -0.15) is 0 Å². The number of nitrogens with zero attached hydrogens (tertiary/aromatic N) is 1. The number of likely N-dealkylation sites (tertiary alicyclic amines) is 1. The molecule has 3 aromatic carbocycles. The Bertz CT molecular complexity index is 1270. The quantitative estimate of drug-likeness (QED) is 0.342. The second-order valence-electron chi connectivity index (χ2n) is 10.0. The predicted molar refractivity (Wildman–Crippen MR) is 148 cm³/mol. The topological polar surface area (TPSA) is 50.5 Å². The Morgan fingerprint density at radius 2 is 1.84 bits per heavy atom. The van der Waals surface area contributed by atoms with Gasteiger partial charge in [0.2, 0.25) is 0 Å². The molecule has 194 valence electrons. The lowest BCUT2D eigenvalue weighted by Gasteiger charge is -2.19. The van der Waals surface area contributed by atoms with E-state index in [0.717, 1.165) is 79.0 Å². The van der Waals surface area contributed by atoms with E-state index in [2.05, 4.69) is 40.5 Å². The van der Waals surface area contributed by atoms with Crippen molar-refractivity contribution in [1.29, 1.82) is 0 Å². The first-order chi connectivity index (χ1) is 18.1. The van der Waals surface area contributed by atoms with Crippen molar-refractivity contribution >= 4 is 22.5 Å². The monoisotopic (exact) mass is 503 g/mol. The Balaban J connectivity index is 1.49. The lowest BCUT2D eigenvalue weighted by atomic mass is 9.87. The summed E-state index contributed by atoms with van der Waals surface area (Å²) in [5, 5.41) is 3.64. The van der Waals surface area contributed by atoms with Crippen LogP contribution in [0, 0.1) is 5.82 Å². The van der Waals surface area contributed by atoms with Gasteiger partial charge in [0, 0.05) is 48.7 Å². The lowest BCUT2D eigenvalue weighted by Crippen LogP contribution is -2.27. The normalized spacial score (nSPS) is 18.0. The summed E-state index contributed by atoms with van der Waals surface area (Å²) in [5.74, 6) is 0.235. The maximum atomic E-state index is 15.3. The van der Waals surface area contributed by atoms with Crippen LogP contribution in [-0.4, -0.2) is 44.4 Å². The van der Waals surface area contributed by atoms with Crippen LogP contribution in [0.5, 0.6) is 5.75 Å². The Morgan fingerprint density at radius 1 is 1.03 bits per heavy atom. The van der Waals surface area contributed by atoms with E-state index in [4.69, 9.17) is 10.5 Å². The molecule has 6 heteroatoms. The number of nitrogens with two attached hydrogens (primary N) is 1. The first kappa shape index (κ1) is 25.3. The molecule has 0 spiro atoms. The lowest BCUT2D eigenvalue weighted by molar-refractivity contribution is 0.310. The van der Waals surface area contributed by atoms with Gasteiger partial charge in [-0.25, -0.2) is 4.39 Å². The van der Waals surface area contributed by atoms with Gasteiger partial charge in [0.05, 0.1) is 13.8 Å². The molecule has 1 atom stereocenters. The molecule has 1 unspecified atom stereocenters. The van der Waals surface area contributed by atoms with Crippen molar-refractivity contribution in [2.45, 2.75) is 38.1 Å². The number of aryl methyl sites for hydroxylation is 1. The molecule has 0 amide bonds. The number of halogens is 2. The van der Waals surface area contributed by atoms with E-state index in [9.17, 15) is 4.39 Å². The zero-order chi connectivity index (χ0) is 25.8. The van der Waals surface area contributed by atoms with Crippen LogP contribution in [0.2, 0.25) is 0 Å². The first-order valence-electron chi connectivity index (χ1n) is 13.2. The molecule has 2 aliphatic rings. The third kappa shape index (κ3) is 5.64. The second-order valence-corrected chi connectivity index (χ2v) is 10.0. The number of nitrogen functional groups attached to an aromatic ring is 1. The van der Waals surface area contributed by atoms with Crippen LogP contribution in [0.3, 0.4) is 0 Å². The molecular weight excluding hydrogens is 468 g/mol. The summed E-state index contributed by atoms with van der Waals surface area (Å²) >= 11 is 0. The van der Waals surface area contributed by atoms with Gasteiger partial charge in [0.1, 0.15) is 11.6 Å². The van der Waals surface area contributed by atoms with Crippen molar-refractivity contribution in [2.24, 2.45) is 0 Å². The number of methoxy groups -OCH3 is 1. The molecule has 3 aromatic rings. The van der Waals surface area contributed by atoms with E-state index in [1.165, 1.54) is 11.6 Å². The number of fused-ring (bicyclic) bond motifs is 1. The number of hydrogen-bond donors (Lipinski definition) is 2. The summed E-state index contributed by atoms with van der Waals surface area (Å²) < 4.78 is 33.1. The molecule has 1 saturated heterocycles. The minimum absolute atomic E-state index is 0.260. The summed E-state index contributed by atoms with van der Waals surface area (Å²) in [4.78, 5) is 2.32. The number of alkyl halides is 1. The number of benzene rings is 3. The molecule has 4 nitrogen and oxygen atoms in total. The third-order valence-corrected chi connectivity index (χ3v) is 7.50. The SMILES string of the molecule is COc1ccc(C2=C(c3ccc(NC4CCN(CCCF)C4)cc3)c3ccc(N)cc3CCC2)c(F)c1. The van der Waals surface area contributed by atoms with Crippen molar-refractivity contribution in [3.05, 3.63) is 88.7 Å². The van der Waals surface area contributed by atoms with E-state index in [-0.39, 0.29) is 12.5 Å². The summed E-state index contributed by atoms with van der Waals surface area (Å²) in [6.07, 6.45) is 4.23. The number of rotatable bonds is 8. The number of allylic oxidation sites excluding steroid dienone is 1. The maximum Gasteiger partial charge on any atom is 0.134 e. The highest BCUT2D eigenvalue weighted by atomic mass is 19.1. The predicted octanol–water partition coefficient (Wildman–Crippen LogP) is 6.56. The van der Waals surface area contributed by atoms with Gasteiger partial charge >= 0.3 is 0 Å². The number of hydrogen-bond acceptors (Lipinski definition) is 4. The molecule has 1 aliphatic carbocycles. The van der Waals surface area contributed by atoms with Gasteiger partial charge in [0.15, 0.2) is 0 Å². The van der Waals surface area contributed by atoms with Gasteiger partial charge in [-0.15, -0.1) is 0 Å². The smallest absolute Gasteiger partial charge is 0.134 e. The average molecular weight is 504 g/mol. The highest BCUT2D eigenvalue weighted by Gasteiger charge is 2.24. The molecule has 5 rings (SSSR count). The summed E-state index contributed by atoms with van der Waals surface area (Å²) in [5.41, 5.74) is 14.0. The Hall–Kier alpha value is -3.38. The number of nitrogens with one attached hydrogen (secondary N) is 1. The summed E-state index contributed by atoms with van der Waals surface area (Å²) in [6.45, 7) is 2.49. The van der Waals surface area contributed by atoms with Gasteiger partial charge in [0.25, 0.3) is 0 Å². The van der Waals surface area contributed by atoms with Crippen LogP contribution in [0.25, 0.3) is 11.1 Å². The van der Waals surface area contributed by atoms with Crippen LogP contribution < -0.4 is 15.8 Å². The van der Waals surface area contributed by atoms with Crippen LogP contribution >= 0.6 is 0 Å². The van der Waals surface area contributed by atoms with Crippen molar-refractivity contribution in [3.8, 4) is 5.75 Å². The molecule has 0 radical (unpaired) electrons. The fraction of sp³-hybridized carbons (Fsp3) is 0.355. The standard InChI is InChI=1S/C31H35F2N3O/c1-37-26-11-13-28(30(33)19-26)29-5-2-4-22-18-23(34)8-12-27(22)31(29)21-6-9-24(10-7-21)35-25-14-17-36(20-25)16-3-15-32/h6-13,18-19,25,35H,2-5,14-17,20,34H2,1H3. The van der Waals surface area contributed by atoms with E-state index in [1.54, 1.807) is 7.11 Å².